The van der Waals surface area contributed by atoms with E-state index in [0.717, 1.165) is 23.8 Å². The molecule has 0 bridgehead atoms. The average Bonchev–Trinajstić information content (AvgIpc) is 3.43. The van der Waals surface area contributed by atoms with E-state index >= 15 is 0 Å². The van der Waals surface area contributed by atoms with Crippen LogP contribution in [0.2, 0.25) is 0 Å². The standard InChI is InChI=1S/C19H24N4O3S2/c1-14-6-9-18(27-14)28(25,26)23-12-4-5-16(23)19(24)21-15-7-8-17(20-13-15)22-10-2-3-11-22/h6-9,13,16H,2-5,10-12H2,1H3,(H,21,24)/t16-/m1/s1. The van der Waals surface area contributed by atoms with Gasteiger partial charge in [-0.05, 0) is 56.9 Å². The van der Waals surface area contributed by atoms with Crippen molar-refractivity contribution in [1.29, 1.82) is 0 Å². The van der Waals surface area contributed by atoms with Gasteiger partial charge < -0.3 is 10.2 Å². The molecule has 0 unspecified atom stereocenters. The summed E-state index contributed by atoms with van der Waals surface area (Å²) in [5, 5.41) is 2.84. The van der Waals surface area contributed by atoms with Crippen LogP contribution in [0, 0.1) is 6.92 Å². The predicted molar refractivity (Wildman–Crippen MR) is 110 cm³/mol. The van der Waals surface area contributed by atoms with Gasteiger partial charge in [-0.1, -0.05) is 0 Å². The minimum absolute atomic E-state index is 0.293. The molecule has 1 N–H and O–H groups in total. The molecule has 2 fully saturated rings. The van der Waals surface area contributed by atoms with E-state index < -0.39 is 16.1 Å². The van der Waals surface area contributed by atoms with Crippen LogP contribution in [0.4, 0.5) is 11.5 Å². The number of aromatic nitrogens is 1. The van der Waals surface area contributed by atoms with Gasteiger partial charge in [0.15, 0.2) is 0 Å². The van der Waals surface area contributed by atoms with E-state index in [1.807, 2.05) is 19.1 Å². The molecule has 0 spiro atoms. The van der Waals surface area contributed by atoms with Crippen LogP contribution in [0.25, 0.3) is 0 Å². The molecule has 2 aliphatic heterocycles. The Morgan fingerprint density at radius 2 is 1.93 bits per heavy atom. The molecule has 2 aromatic rings. The van der Waals surface area contributed by atoms with E-state index in [1.165, 1.54) is 28.5 Å². The molecular weight excluding hydrogens is 396 g/mol. The molecule has 2 aromatic heterocycles. The molecule has 1 amide bonds. The normalized spacial score (nSPS) is 20.6. The van der Waals surface area contributed by atoms with Crippen LogP contribution in [-0.4, -0.2) is 49.3 Å². The zero-order valence-electron chi connectivity index (χ0n) is 15.8. The molecule has 0 aliphatic carbocycles. The molecular formula is C19H24N4O3S2. The van der Waals surface area contributed by atoms with Gasteiger partial charge in [0.2, 0.25) is 5.91 Å². The predicted octanol–water partition coefficient (Wildman–Crippen LogP) is 2.84. The van der Waals surface area contributed by atoms with Crippen LogP contribution in [0.1, 0.15) is 30.6 Å². The number of nitrogens with one attached hydrogen (secondary N) is 1. The molecule has 9 heteroatoms. The molecule has 0 saturated carbocycles. The lowest BCUT2D eigenvalue weighted by Crippen LogP contribution is -2.42. The number of aryl methyl sites for hydroxylation is 1. The molecule has 2 saturated heterocycles. The minimum Gasteiger partial charge on any atom is -0.357 e. The maximum atomic E-state index is 12.9. The van der Waals surface area contributed by atoms with Gasteiger partial charge in [0, 0.05) is 24.5 Å². The summed E-state index contributed by atoms with van der Waals surface area (Å²) in [5.74, 6) is 0.610. The number of carbonyl (C=O) groups excluding carboxylic acids is 1. The van der Waals surface area contributed by atoms with E-state index in [9.17, 15) is 13.2 Å². The molecule has 28 heavy (non-hydrogen) atoms. The zero-order valence-corrected chi connectivity index (χ0v) is 17.4. The van der Waals surface area contributed by atoms with Crippen molar-refractivity contribution in [3.63, 3.8) is 0 Å². The zero-order chi connectivity index (χ0) is 19.7. The first-order valence-corrected chi connectivity index (χ1v) is 11.8. The second kappa shape index (κ2) is 7.81. The van der Waals surface area contributed by atoms with Crippen molar-refractivity contribution in [1.82, 2.24) is 9.29 Å². The molecule has 150 valence electrons. The van der Waals surface area contributed by atoms with Gasteiger partial charge in [-0.15, -0.1) is 11.3 Å². The topological polar surface area (TPSA) is 82.6 Å². The third kappa shape index (κ3) is 3.78. The van der Waals surface area contributed by atoms with Gasteiger partial charge in [-0.3, -0.25) is 4.79 Å². The van der Waals surface area contributed by atoms with E-state index in [2.05, 4.69) is 15.2 Å². The Morgan fingerprint density at radius 3 is 2.57 bits per heavy atom. The number of amides is 1. The van der Waals surface area contributed by atoms with Gasteiger partial charge in [0.1, 0.15) is 16.1 Å². The maximum absolute atomic E-state index is 12.9. The van der Waals surface area contributed by atoms with E-state index in [1.54, 1.807) is 18.3 Å². The highest BCUT2D eigenvalue weighted by molar-refractivity contribution is 7.91. The minimum atomic E-state index is -3.65. The number of nitrogens with zero attached hydrogens (tertiary/aromatic N) is 3. The third-order valence-corrected chi connectivity index (χ3v) is 8.61. The molecule has 4 rings (SSSR count). The lowest BCUT2D eigenvalue weighted by atomic mass is 10.2. The molecule has 4 heterocycles. The molecule has 1 atom stereocenters. The van der Waals surface area contributed by atoms with Crippen LogP contribution in [-0.2, 0) is 14.8 Å². The maximum Gasteiger partial charge on any atom is 0.253 e. The number of hydrogen-bond donors (Lipinski definition) is 1. The number of carbonyl (C=O) groups is 1. The van der Waals surface area contributed by atoms with Crippen LogP contribution >= 0.6 is 11.3 Å². The molecule has 0 aromatic carbocycles. The van der Waals surface area contributed by atoms with Gasteiger partial charge in [0.25, 0.3) is 10.0 Å². The van der Waals surface area contributed by atoms with E-state index in [0.29, 0.717) is 29.3 Å². The van der Waals surface area contributed by atoms with Crippen molar-refractivity contribution in [2.75, 3.05) is 29.9 Å². The summed E-state index contributed by atoms with van der Waals surface area (Å²) in [6, 6.07) is 6.44. The van der Waals surface area contributed by atoms with Crippen molar-refractivity contribution >= 4 is 38.8 Å². The van der Waals surface area contributed by atoms with E-state index in [-0.39, 0.29) is 5.91 Å². The Hall–Kier alpha value is -1.97. The van der Waals surface area contributed by atoms with Gasteiger partial charge in [-0.2, -0.15) is 4.31 Å². The fourth-order valence-corrected chi connectivity index (χ4v) is 6.84. The van der Waals surface area contributed by atoms with Crippen LogP contribution in [0.15, 0.2) is 34.7 Å². The van der Waals surface area contributed by atoms with E-state index in [4.69, 9.17) is 0 Å². The first-order chi connectivity index (χ1) is 13.4. The summed E-state index contributed by atoms with van der Waals surface area (Å²) in [5.41, 5.74) is 0.587. The summed E-state index contributed by atoms with van der Waals surface area (Å²) >= 11 is 1.24. The first-order valence-electron chi connectivity index (χ1n) is 9.55. The van der Waals surface area contributed by atoms with Crippen LogP contribution in [0.3, 0.4) is 0 Å². The number of sulfonamides is 1. The number of thiophene rings is 1. The highest BCUT2D eigenvalue weighted by Gasteiger charge is 2.40. The molecule has 7 nitrogen and oxygen atoms in total. The highest BCUT2D eigenvalue weighted by Crippen LogP contribution is 2.30. The Balaban J connectivity index is 1.46. The summed E-state index contributed by atoms with van der Waals surface area (Å²) in [6.07, 6.45) is 5.19. The van der Waals surface area contributed by atoms with Gasteiger partial charge >= 0.3 is 0 Å². The summed E-state index contributed by atoms with van der Waals surface area (Å²) in [4.78, 5) is 20.4. The number of hydrogen-bond acceptors (Lipinski definition) is 6. The summed E-state index contributed by atoms with van der Waals surface area (Å²) < 4.78 is 27.5. The number of anilines is 2. The Kier molecular flexibility index (Phi) is 5.39. The second-order valence-electron chi connectivity index (χ2n) is 7.23. The van der Waals surface area contributed by atoms with Crippen molar-refractivity contribution in [3.05, 3.63) is 35.3 Å². The third-order valence-electron chi connectivity index (χ3n) is 5.23. The summed E-state index contributed by atoms with van der Waals surface area (Å²) in [7, 11) is -3.65. The fourth-order valence-electron chi connectivity index (χ4n) is 3.78. The number of pyridine rings is 1. The fraction of sp³-hybridized carbons (Fsp3) is 0.474. The SMILES string of the molecule is Cc1ccc(S(=O)(=O)N2CCC[C@@H]2C(=O)Nc2ccc(N3CCCC3)nc2)s1. The monoisotopic (exact) mass is 420 g/mol. The van der Waals surface area contributed by atoms with Crippen LogP contribution in [0.5, 0.6) is 0 Å². The number of rotatable bonds is 5. The Morgan fingerprint density at radius 1 is 1.14 bits per heavy atom. The summed E-state index contributed by atoms with van der Waals surface area (Å²) in [6.45, 7) is 4.26. The van der Waals surface area contributed by atoms with Crippen molar-refractivity contribution in [2.24, 2.45) is 0 Å². The van der Waals surface area contributed by atoms with Crippen molar-refractivity contribution in [2.45, 2.75) is 42.9 Å². The second-order valence-corrected chi connectivity index (χ2v) is 10.6. The van der Waals surface area contributed by atoms with Crippen molar-refractivity contribution < 1.29 is 13.2 Å². The lowest BCUT2D eigenvalue weighted by Gasteiger charge is -2.23. The Labute approximate surface area is 169 Å². The average molecular weight is 421 g/mol. The highest BCUT2D eigenvalue weighted by atomic mass is 32.2. The largest absolute Gasteiger partial charge is 0.357 e. The smallest absolute Gasteiger partial charge is 0.253 e. The Bertz CT molecular complexity index is 950. The van der Waals surface area contributed by atoms with Crippen LogP contribution < -0.4 is 10.2 Å². The van der Waals surface area contributed by atoms with Crippen molar-refractivity contribution in [3.8, 4) is 0 Å². The van der Waals surface area contributed by atoms with Gasteiger partial charge in [-0.25, -0.2) is 13.4 Å². The first kappa shape index (κ1) is 19.4. The lowest BCUT2D eigenvalue weighted by molar-refractivity contribution is -0.119. The molecule has 0 radical (unpaired) electrons. The molecule has 2 aliphatic rings. The van der Waals surface area contributed by atoms with Gasteiger partial charge in [0.05, 0.1) is 11.9 Å². The quantitative estimate of drug-likeness (QED) is 0.804.